The van der Waals surface area contributed by atoms with Crippen molar-refractivity contribution >= 4 is 34.8 Å². The summed E-state index contributed by atoms with van der Waals surface area (Å²) in [5.41, 5.74) is 7.50. The molecule has 0 saturated carbocycles. The van der Waals surface area contributed by atoms with Crippen LogP contribution in [0.3, 0.4) is 0 Å². The fourth-order valence-corrected chi connectivity index (χ4v) is 3.42. The van der Waals surface area contributed by atoms with Gasteiger partial charge in [0.15, 0.2) is 0 Å². The Morgan fingerprint density at radius 2 is 2.22 bits per heavy atom. The van der Waals surface area contributed by atoms with Crippen LogP contribution in [0.2, 0.25) is 0 Å². The molecule has 0 atom stereocenters. The van der Waals surface area contributed by atoms with E-state index in [1.807, 2.05) is 19.1 Å². The van der Waals surface area contributed by atoms with Gasteiger partial charge in [-0.25, -0.2) is 4.98 Å². The second kappa shape index (κ2) is 6.38. The number of thioether (sulfide) groups is 1. The lowest BCUT2D eigenvalue weighted by molar-refractivity contribution is 0.515. The zero-order chi connectivity index (χ0) is 13.0. The summed E-state index contributed by atoms with van der Waals surface area (Å²) in [4.78, 5) is 4.90. The Hall–Kier alpha value is -0.810. The number of thiocarbonyl (C=S) groups is 1. The number of aryl methyl sites for hydroxylation is 1. The zero-order valence-electron chi connectivity index (χ0n) is 10.6. The summed E-state index contributed by atoms with van der Waals surface area (Å²) in [6.07, 6.45) is 2.59. The number of aromatic nitrogens is 1. The third kappa shape index (κ3) is 3.85. The minimum absolute atomic E-state index is 0.428. The molecular formula is C13H19N3S2. The maximum atomic E-state index is 5.66. The molecule has 1 aliphatic rings. The maximum absolute atomic E-state index is 5.66. The lowest BCUT2D eigenvalue weighted by Gasteiger charge is -2.22. The van der Waals surface area contributed by atoms with Crippen molar-refractivity contribution in [3.8, 4) is 0 Å². The standard InChI is InChI=1S/C13H19N3S2/c1-9-6-11(13(14)17)7-12(16-9)15-8-10-2-4-18-5-3-10/h6-7,10H,2-5,8H2,1H3,(H2,14,17)(H,15,16). The fourth-order valence-electron chi connectivity index (χ4n) is 2.10. The van der Waals surface area contributed by atoms with Crippen LogP contribution in [0.15, 0.2) is 12.1 Å². The third-order valence-electron chi connectivity index (χ3n) is 3.15. The molecule has 3 nitrogen and oxygen atoms in total. The predicted molar refractivity (Wildman–Crippen MR) is 83.4 cm³/mol. The fraction of sp³-hybridized carbons (Fsp3) is 0.538. The van der Waals surface area contributed by atoms with Gasteiger partial charge in [-0.3, -0.25) is 0 Å². The first kappa shape index (κ1) is 13.6. The summed E-state index contributed by atoms with van der Waals surface area (Å²) in [5, 5.41) is 3.41. The smallest absolute Gasteiger partial charge is 0.126 e. The molecule has 0 aliphatic carbocycles. The largest absolute Gasteiger partial charge is 0.389 e. The molecule has 18 heavy (non-hydrogen) atoms. The Bertz CT molecular complexity index is 428. The highest BCUT2D eigenvalue weighted by Gasteiger charge is 2.13. The van der Waals surface area contributed by atoms with Crippen molar-refractivity contribution in [1.82, 2.24) is 4.98 Å². The molecule has 1 aromatic heterocycles. The summed E-state index contributed by atoms with van der Waals surface area (Å²) in [6, 6.07) is 3.86. The minimum atomic E-state index is 0.428. The first-order valence-corrected chi connectivity index (χ1v) is 7.81. The van der Waals surface area contributed by atoms with Crippen molar-refractivity contribution in [2.45, 2.75) is 19.8 Å². The van der Waals surface area contributed by atoms with Crippen molar-refractivity contribution in [2.75, 3.05) is 23.4 Å². The summed E-state index contributed by atoms with van der Waals surface area (Å²) in [5.74, 6) is 4.22. The van der Waals surface area contributed by atoms with E-state index in [2.05, 4.69) is 22.1 Å². The Morgan fingerprint density at radius 3 is 2.89 bits per heavy atom. The quantitative estimate of drug-likeness (QED) is 0.831. The van der Waals surface area contributed by atoms with E-state index in [9.17, 15) is 0 Å². The number of anilines is 1. The summed E-state index contributed by atoms with van der Waals surface area (Å²) in [6.45, 7) is 2.96. The molecular weight excluding hydrogens is 262 g/mol. The Kier molecular flexibility index (Phi) is 4.83. The second-order valence-corrected chi connectivity index (χ2v) is 6.35. The lowest BCUT2D eigenvalue weighted by atomic mass is 10.0. The van der Waals surface area contributed by atoms with Crippen LogP contribution in [-0.2, 0) is 0 Å². The van der Waals surface area contributed by atoms with Crippen LogP contribution in [0.4, 0.5) is 5.82 Å². The molecule has 0 aromatic carbocycles. The average Bonchev–Trinajstić information content (AvgIpc) is 2.37. The van der Waals surface area contributed by atoms with Crippen molar-refractivity contribution < 1.29 is 0 Å². The summed E-state index contributed by atoms with van der Waals surface area (Å²) < 4.78 is 0. The number of hydrogen-bond donors (Lipinski definition) is 2. The van der Waals surface area contributed by atoms with Crippen molar-refractivity contribution in [3.63, 3.8) is 0 Å². The van der Waals surface area contributed by atoms with Crippen LogP contribution < -0.4 is 11.1 Å². The van der Waals surface area contributed by atoms with Gasteiger partial charge in [-0.1, -0.05) is 12.2 Å². The summed E-state index contributed by atoms with van der Waals surface area (Å²) in [7, 11) is 0. The van der Waals surface area contributed by atoms with Crippen LogP contribution in [0.5, 0.6) is 0 Å². The van der Waals surface area contributed by atoms with Crippen LogP contribution >= 0.6 is 24.0 Å². The molecule has 1 fully saturated rings. The molecule has 0 spiro atoms. The monoisotopic (exact) mass is 281 g/mol. The Labute approximate surface area is 118 Å². The van der Waals surface area contributed by atoms with Gasteiger partial charge in [0.25, 0.3) is 0 Å². The van der Waals surface area contributed by atoms with Gasteiger partial charge in [0, 0.05) is 17.8 Å². The molecule has 0 radical (unpaired) electrons. The van der Waals surface area contributed by atoms with Crippen LogP contribution in [0, 0.1) is 12.8 Å². The highest BCUT2D eigenvalue weighted by molar-refractivity contribution is 7.99. The van der Waals surface area contributed by atoms with E-state index in [4.69, 9.17) is 18.0 Å². The Morgan fingerprint density at radius 1 is 1.50 bits per heavy atom. The zero-order valence-corrected chi connectivity index (χ0v) is 12.2. The molecule has 0 bridgehead atoms. The molecule has 3 N–H and O–H groups in total. The SMILES string of the molecule is Cc1cc(C(N)=S)cc(NCC2CCSCC2)n1. The van der Waals surface area contributed by atoms with Gasteiger partial charge < -0.3 is 11.1 Å². The molecule has 98 valence electrons. The van der Waals surface area contributed by atoms with Crippen molar-refractivity contribution in [1.29, 1.82) is 0 Å². The van der Waals surface area contributed by atoms with E-state index in [0.717, 1.165) is 29.5 Å². The number of nitrogens with one attached hydrogen (secondary N) is 1. The second-order valence-electron chi connectivity index (χ2n) is 4.68. The number of hydrogen-bond acceptors (Lipinski definition) is 4. The molecule has 5 heteroatoms. The molecule has 0 amide bonds. The molecule has 1 saturated heterocycles. The minimum Gasteiger partial charge on any atom is -0.389 e. The van der Waals surface area contributed by atoms with Gasteiger partial charge in [-0.15, -0.1) is 0 Å². The van der Waals surface area contributed by atoms with Gasteiger partial charge in [0.05, 0.1) is 0 Å². The molecule has 2 rings (SSSR count). The third-order valence-corrected chi connectivity index (χ3v) is 4.44. The normalized spacial score (nSPS) is 16.5. The van der Waals surface area contributed by atoms with E-state index >= 15 is 0 Å². The van der Waals surface area contributed by atoms with Crippen molar-refractivity contribution in [3.05, 3.63) is 23.4 Å². The lowest BCUT2D eigenvalue weighted by Crippen LogP contribution is -2.20. The van der Waals surface area contributed by atoms with Gasteiger partial charge in [0.1, 0.15) is 10.8 Å². The van der Waals surface area contributed by atoms with E-state index in [1.54, 1.807) is 0 Å². The Balaban J connectivity index is 1.97. The van der Waals surface area contributed by atoms with Gasteiger partial charge in [-0.2, -0.15) is 11.8 Å². The number of rotatable bonds is 4. The van der Waals surface area contributed by atoms with Gasteiger partial charge in [0.2, 0.25) is 0 Å². The maximum Gasteiger partial charge on any atom is 0.126 e. The van der Waals surface area contributed by atoms with Gasteiger partial charge in [-0.05, 0) is 49.3 Å². The average molecular weight is 281 g/mol. The highest BCUT2D eigenvalue weighted by atomic mass is 32.2. The van der Waals surface area contributed by atoms with Crippen molar-refractivity contribution in [2.24, 2.45) is 11.7 Å². The highest BCUT2D eigenvalue weighted by Crippen LogP contribution is 2.23. The predicted octanol–water partition coefficient (Wildman–Crippen LogP) is 2.58. The van der Waals surface area contributed by atoms with E-state index in [0.29, 0.717) is 4.99 Å². The number of nitrogens with two attached hydrogens (primary N) is 1. The topological polar surface area (TPSA) is 50.9 Å². The van der Waals surface area contributed by atoms with Crippen LogP contribution in [0.1, 0.15) is 24.1 Å². The molecule has 1 aliphatic heterocycles. The summed E-state index contributed by atoms with van der Waals surface area (Å²) >= 11 is 7.06. The number of nitrogens with zero attached hydrogens (tertiary/aromatic N) is 1. The van der Waals surface area contributed by atoms with E-state index < -0.39 is 0 Å². The molecule has 2 heterocycles. The molecule has 0 unspecified atom stereocenters. The number of pyridine rings is 1. The van der Waals surface area contributed by atoms with Gasteiger partial charge >= 0.3 is 0 Å². The van der Waals surface area contributed by atoms with Crippen LogP contribution in [-0.4, -0.2) is 28.0 Å². The first-order chi connectivity index (χ1) is 8.65. The van der Waals surface area contributed by atoms with Crippen LogP contribution in [0.25, 0.3) is 0 Å². The van der Waals surface area contributed by atoms with E-state index in [-0.39, 0.29) is 0 Å². The first-order valence-electron chi connectivity index (χ1n) is 6.25. The molecule has 1 aromatic rings. The van der Waals surface area contributed by atoms with E-state index in [1.165, 1.54) is 24.3 Å².